The van der Waals surface area contributed by atoms with Gasteiger partial charge >= 0.3 is 0 Å². The minimum Gasteiger partial charge on any atom is -0.504 e. The summed E-state index contributed by atoms with van der Waals surface area (Å²) in [6.45, 7) is 10.5. The van der Waals surface area contributed by atoms with Gasteiger partial charge in [-0.3, -0.25) is 0 Å². The molecule has 0 radical (unpaired) electrons. The average molecular weight is 433 g/mol. The number of benzene rings is 1. The summed E-state index contributed by atoms with van der Waals surface area (Å²) >= 11 is 0. The topological polar surface area (TPSA) is 99.4 Å². The molecular formula is C25H36O6. The zero-order chi connectivity index (χ0) is 22.6. The summed E-state index contributed by atoms with van der Waals surface area (Å²) in [6, 6.07) is 0. The van der Waals surface area contributed by atoms with E-state index in [2.05, 4.69) is 33.8 Å². The zero-order valence-corrected chi connectivity index (χ0v) is 19.1. The van der Waals surface area contributed by atoms with E-state index in [9.17, 15) is 20.4 Å². The van der Waals surface area contributed by atoms with Crippen molar-refractivity contribution >= 4 is 0 Å². The predicted octanol–water partition coefficient (Wildman–Crippen LogP) is 3.59. The molecule has 8 atom stereocenters. The van der Waals surface area contributed by atoms with Gasteiger partial charge in [0, 0.05) is 11.5 Å². The summed E-state index contributed by atoms with van der Waals surface area (Å²) in [5, 5.41) is 41.5. The molecule has 31 heavy (non-hydrogen) atoms. The molecule has 1 aliphatic heterocycles. The van der Waals surface area contributed by atoms with Crippen molar-refractivity contribution in [3.63, 3.8) is 0 Å². The van der Waals surface area contributed by atoms with Crippen LogP contribution in [0.4, 0.5) is 0 Å². The van der Waals surface area contributed by atoms with E-state index >= 15 is 0 Å². The highest BCUT2D eigenvalue weighted by atomic mass is 16.7. The Morgan fingerprint density at radius 3 is 2.42 bits per heavy atom. The number of aliphatic hydroxyl groups is 3. The number of aromatic hydroxyl groups is 1. The third-order valence-corrected chi connectivity index (χ3v) is 7.48. The fraction of sp³-hybridized carbons (Fsp3) is 0.680. The van der Waals surface area contributed by atoms with Crippen LogP contribution >= 0.6 is 0 Å². The molecule has 0 bridgehead atoms. The molecule has 4 rings (SSSR count). The van der Waals surface area contributed by atoms with E-state index in [0.717, 1.165) is 30.4 Å². The van der Waals surface area contributed by atoms with Crippen molar-refractivity contribution in [3.8, 4) is 11.5 Å². The monoisotopic (exact) mass is 432 g/mol. The molecule has 0 spiro atoms. The van der Waals surface area contributed by atoms with Crippen molar-refractivity contribution in [3.05, 3.63) is 33.9 Å². The van der Waals surface area contributed by atoms with Crippen LogP contribution in [-0.2, 0) is 4.74 Å². The van der Waals surface area contributed by atoms with Gasteiger partial charge in [0.2, 0.25) is 6.29 Å². The quantitative estimate of drug-likeness (QED) is 0.545. The van der Waals surface area contributed by atoms with Gasteiger partial charge in [-0.2, -0.15) is 0 Å². The Bertz CT molecular complexity index is 873. The molecule has 3 aliphatic rings. The van der Waals surface area contributed by atoms with Crippen molar-refractivity contribution in [2.45, 2.75) is 96.2 Å². The highest BCUT2D eigenvalue weighted by molar-refractivity contribution is 5.64. The molecule has 0 saturated carbocycles. The van der Waals surface area contributed by atoms with Gasteiger partial charge in [-0.25, -0.2) is 0 Å². The van der Waals surface area contributed by atoms with Gasteiger partial charge in [0.05, 0.1) is 6.61 Å². The highest BCUT2D eigenvalue weighted by Crippen LogP contribution is 2.58. The summed E-state index contributed by atoms with van der Waals surface area (Å²) in [6.07, 6.45) is 0.402. The van der Waals surface area contributed by atoms with Crippen molar-refractivity contribution in [1.29, 1.82) is 0 Å². The lowest BCUT2D eigenvalue weighted by molar-refractivity contribution is -0.242. The second-order valence-electron chi connectivity index (χ2n) is 10.1. The first-order valence-electron chi connectivity index (χ1n) is 11.5. The Kier molecular flexibility index (Phi) is 6.12. The zero-order valence-electron chi connectivity index (χ0n) is 19.1. The van der Waals surface area contributed by atoms with E-state index in [-0.39, 0.29) is 24.2 Å². The molecular weight excluding hydrogens is 396 g/mol. The number of allylic oxidation sites excluding steroid dienone is 2. The lowest BCUT2D eigenvalue weighted by atomic mass is 9.62. The lowest BCUT2D eigenvalue weighted by Gasteiger charge is -2.44. The summed E-state index contributed by atoms with van der Waals surface area (Å²) < 4.78 is 11.6. The van der Waals surface area contributed by atoms with Crippen LogP contribution in [-0.4, -0.2) is 51.6 Å². The van der Waals surface area contributed by atoms with Crippen molar-refractivity contribution < 1.29 is 29.9 Å². The van der Waals surface area contributed by atoms with E-state index in [4.69, 9.17) is 9.47 Å². The molecule has 0 amide bonds. The van der Waals surface area contributed by atoms with E-state index < -0.39 is 24.6 Å². The average Bonchev–Trinajstić information content (AvgIpc) is 2.70. The fourth-order valence-corrected chi connectivity index (χ4v) is 5.90. The third kappa shape index (κ3) is 3.78. The minimum atomic E-state index is -1.40. The Labute approximate surface area is 184 Å². The van der Waals surface area contributed by atoms with Crippen molar-refractivity contribution in [2.24, 2.45) is 5.92 Å². The molecule has 2 aliphatic carbocycles. The number of aliphatic hydroxyl groups excluding tert-OH is 3. The van der Waals surface area contributed by atoms with Gasteiger partial charge in [0.15, 0.2) is 11.5 Å². The maximum atomic E-state index is 11.3. The van der Waals surface area contributed by atoms with Crippen LogP contribution in [0.15, 0.2) is 11.6 Å². The summed E-state index contributed by atoms with van der Waals surface area (Å²) in [5.74, 6) is 1.81. The molecule has 3 unspecified atom stereocenters. The molecule has 4 N–H and O–H groups in total. The number of hydrogen-bond donors (Lipinski definition) is 4. The van der Waals surface area contributed by atoms with Crippen LogP contribution in [0.3, 0.4) is 0 Å². The number of hydrogen-bond acceptors (Lipinski definition) is 6. The van der Waals surface area contributed by atoms with E-state index in [0.29, 0.717) is 17.6 Å². The van der Waals surface area contributed by atoms with E-state index in [1.807, 2.05) is 6.92 Å². The normalized spacial score (nSPS) is 37.2. The summed E-state index contributed by atoms with van der Waals surface area (Å²) in [7, 11) is 0. The molecule has 1 saturated heterocycles. The van der Waals surface area contributed by atoms with Gasteiger partial charge in [0.25, 0.3) is 0 Å². The Hall–Kier alpha value is -1.60. The van der Waals surface area contributed by atoms with E-state index in [1.54, 1.807) is 0 Å². The molecule has 6 heteroatoms. The summed E-state index contributed by atoms with van der Waals surface area (Å²) in [5.41, 5.74) is 5.59. The van der Waals surface area contributed by atoms with Crippen LogP contribution in [0.2, 0.25) is 0 Å². The largest absolute Gasteiger partial charge is 0.504 e. The molecule has 1 aromatic carbocycles. The second-order valence-corrected chi connectivity index (χ2v) is 10.1. The standard InChI is InChI=1S/C25H36O6/c1-11(2)8-15-9-13(4)16-7-6-12(3)18-20(16)19(15)14(5)21(27)24(18)31-25-23(29)22(28)17(26)10-30-25/h8,12-13,15-17,22-23,25-29H,6-7,9-10H2,1-5H3/t12-,13-,15-,16+,17?,22-,23?,25?/m0/s1. The number of phenolic OH excluding ortho intramolecular Hbond substituents is 1. The number of phenols is 1. The SMILES string of the molecule is CC(C)=C[C@H]1C[C@H](C)[C@H]2CC[C@H](C)c3c(OC4OCC(O)[C@H](O)C4O)c(O)c(C)c1c32. The number of ether oxygens (including phenoxy) is 2. The van der Waals surface area contributed by atoms with E-state index in [1.165, 1.54) is 16.7 Å². The molecule has 6 nitrogen and oxygen atoms in total. The summed E-state index contributed by atoms with van der Waals surface area (Å²) in [4.78, 5) is 0. The first-order valence-corrected chi connectivity index (χ1v) is 11.5. The van der Waals surface area contributed by atoms with Crippen LogP contribution in [0.1, 0.15) is 87.0 Å². The number of rotatable bonds is 3. The first-order chi connectivity index (χ1) is 14.6. The van der Waals surface area contributed by atoms with Crippen molar-refractivity contribution in [2.75, 3.05) is 6.61 Å². The smallest absolute Gasteiger partial charge is 0.229 e. The van der Waals surface area contributed by atoms with Gasteiger partial charge < -0.3 is 29.9 Å². The van der Waals surface area contributed by atoms with Gasteiger partial charge in [-0.15, -0.1) is 0 Å². The maximum Gasteiger partial charge on any atom is 0.229 e. The first kappa shape index (κ1) is 22.6. The van der Waals surface area contributed by atoms with Gasteiger partial charge in [-0.1, -0.05) is 25.5 Å². The Morgan fingerprint density at radius 2 is 1.74 bits per heavy atom. The van der Waals surface area contributed by atoms with Gasteiger partial charge in [0.1, 0.15) is 18.3 Å². The second kappa shape index (κ2) is 8.39. The Balaban J connectivity index is 1.86. The fourth-order valence-electron chi connectivity index (χ4n) is 5.90. The highest BCUT2D eigenvalue weighted by Gasteiger charge is 2.44. The Morgan fingerprint density at radius 1 is 1.03 bits per heavy atom. The molecule has 1 heterocycles. The van der Waals surface area contributed by atoms with Crippen LogP contribution in [0.5, 0.6) is 11.5 Å². The molecule has 1 fully saturated rings. The molecule has 0 aromatic heterocycles. The van der Waals surface area contributed by atoms with Crippen LogP contribution in [0, 0.1) is 12.8 Å². The maximum absolute atomic E-state index is 11.3. The van der Waals surface area contributed by atoms with Crippen molar-refractivity contribution in [1.82, 2.24) is 0 Å². The lowest BCUT2D eigenvalue weighted by Crippen LogP contribution is -2.54. The van der Waals surface area contributed by atoms with Crippen LogP contribution in [0.25, 0.3) is 0 Å². The predicted molar refractivity (Wildman–Crippen MR) is 118 cm³/mol. The van der Waals surface area contributed by atoms with Gasteiger partial charge in [-0.05, 0) is 74.5 Å². The molecule has 1 aromatic rings. The minimum absolute atomic E-state index is 0.0828. The van der Waals surface area contributed by atoms with Crippen LogP contribution < -0.4 is 4.74 Å². The third-order valence-electron chi connectivity index (χ3n) is 7.48. The molecule has 172 valence electrons.